The lowest BCUT2D eigenvalue weighted by atomic mass is 10.1. The first-order valence-corrected chi connectivity index (χ1v) is 10.3. The van der Waals surface area contributed by atoms with Crippen LogP contribution in [0.5, 0.6) is 0 Å². The van der Waals surface area contributed by atoms with E-state index in [1.54, 1.807) is 17.0 Å². The maximum absolute atomic E-state index is 13.0. The van der Waals surface area contributed by atoms with E-state index in [1.165, 1.54) is 16.4 Å². The molecule has 0 unspecified atom stereocenters. The summed E-state index contributed by atoms with van der Waals surface area (Å²) < 4.78 is 32.9. The fraction of sp³-hybridized carbons (Fsp3) is 0.588. The molecule has 6 nitrogen and oxygen atoms in total. The number of hydrogen-bond acceptors (Lipinski definition) is 4. The van der Waals surface area contributed by atoms with Gasteiger partial charge in [0.1, 0.15) is 6.04 Å². The number of sulfonamides is 1. The van der Waals surface area contributed by atoms with E-state index >= 15 is 0 Å². The van der Waals surface area contributed by atoms with Gasteiger partial charge in [-0.3, -0.25) is 4.79 Å². The van der Waals surface area contributed by atoms with E-state index in [-0.39, 0.29) is 23.0 Å². The van der Waals surface area contributed by atoms with E-state index in [9.17, 15) is 13.2 Å². The van der Waals surface area contributed by atoms with Crippen molar-refractivity contribution < 1.29 is 17.9 Å². The van der Waals surface area contributed by atoms with E-state index < -0.39 is 16.1 Å². The molecule has 2 aliphatic heterocycles. The summed E-state index contributed by atoms with van der Waals surface area (Å²) in [6, 6.07) is 5.42. The van der Waals surface area contributed by atoms with Gasteiger partial charge < -0.3 is 9.64 Å². The number of carbonyl (C=O) groups is 1. The highest BCUT2D eigenvalue weighted by Gasteiger charge is 2.42. The first kappa shape index (κ1) is 18.6. The van der Waals surface area contributed by atoms with Crippen molar-refractivity contribution in [1.29, 1.82) is 0 Å². The molecule has 1 amide bonds. The second kappa shape index (κ2) is 7.23. The number of hydrogen-bond donors (Lipinski definition) is 0. The highest BCUT2D eigenvalue weighted by Crippen LogP contribution is 2.28. The summed E-state index contributed by atoms with van der Waals surface area (Å²) in [5.74, 6) is -0.128. The van der Waals surface area contributed by atoms with Gasteiger partial charge in [0.2, 0.25) is 15.9 Å². The first-order valence-electron chi connectivity index (χ1n) is 8.50. The Hall–Kier alpha value is -1.15. The predicted octanol–water partition coefficient (Wildman–Crippen LogP) is 2.13. The van der Waals surface area contributed by atoms with Crippen molar-refractivity contribution in [2.45, 2.75) is 49.8 Å². The molecule has 1 aromatic carbocycles. The molecule has 25 heavy (non-hydrogen) atoms. The highest BCUT2D eigenvalue weighted by atomic mass is 35.5. The Balaban J connectivity index is 1.82. The quantitative estimate of drug-likeness (QED) is 0.798. The van der Waals surface area contributed by atoms with Gasteiger partial charge in [-0.2, -0.15) is 4.31 Å². The summed E-state index contributed by atoms with van der Waals surface area (Å²) in [4.78, 5) is 14.9. The smallest absolute Gasteiger partial charge is 0.243 e. The standard InChI is InChI=1S/C17H23ClN2O4S/c1-12-10-19(11-13(2)24-12)17(21)16-4-3-9-20(16)25(22,23)15-7-5-14(18)6-8-15/h5-8,12-13,16H,3-4,9-11H2,1-2H3/t12-,13-,16+/m1/s1. The molecule has 0 saturated carbocycles. The van der Waals surface area contributed by atoms with Gasteiger partial charge in [0.15, 0.2) is 0 Å². The van der Waals surface area contributed by atoms with Gasteiger partial charge in [-0.25, -0.2) is 8.42 Å². The Bertz CT molecular complexity index is 728. The zero-order valence-corrected chi connectivity index (χ0v) is 16.0. The molecule has 3 atom stereocenters. The van der Waals surface area contributed by atoms with E-state index in [1.807, 2.05) is 13.8 Å². The first-order chi connectivity index (χ1) is 11.8. The maximum Gasteiger partial charge on any atom is 0.243 e. The van der Waals surface area contributed by atoms with Crippen molar-refractivity contribution in [3.63, 3.8) is 0 Å². The minimum absolute atomic E-state index is 0.0459. The fourth-order valence-corrected chi connectivity index (χ4v) is 5.36. The normalized spacial score (nSPS) is 28.3. The molecular weight excluding hydrogens is 364 g/mol. The SMILES string of the molecule is C[C@@H]1CN(C(=O)[C@@H]2CCCN2S(=O)(=O)c2ccc(Cl)cc2)C[C@@H](C)O1. The van der Waals surface area contributed by atoms with Crippen molar-refractivity contribution in [1.82, 2.24) is 9.21 Å². The average Bonchev–Trinajstić information content (AvgIpc) is 3.04. The second-order valence-electron chi connectivity index (χ2n) is 6.73. The average molecular weight is 387 g/mol. The van der Waals surface area contributed by atoms with Crippen LogP contribution in [-0.2, 0) is 19.6 Å². The number of benzene rings is 1. The number of ether oxygens (including phenoxy) is 1. The van der Waals surface area contributed by atoms with E-state index in [0.29, 0.717) is 37.5 Å². The molecule has 2 saturated heterocycles. The van der Waals surface area contributed by atoms with Gasteiger partial charge in [0.05, 0.1) is 17.1 Å². The molecule has 0 N–H and O–H groups in total. The van der Waals surface area contributed by atoms with Gasteiger partial charge >= 0.3 is 0 Å². The molecule has 1 aromatic rings. The van der Waals surface area contributed by atoms with Crippen molar-refractivity contribution in [2.75, 3.05) is 19.6 Å². The van der Waals surface area contributed by atoms with Crippen LogP contribution < -0.4 is 0 Å². The molecule has 0 spiro atoms. The fourth-order valence-electron chi connectivity index (χ4n) is 3.59. The Kier molecular flexibility index (Phi) is 5.39. The molecule has 0 aliphatic carbocycles. The predicted molar refractivity (Wildman–Crippen MR) is 95.0 cm³/mol. The van der Waals surface area contributed by atoms with Crippen LogP contribution in [0.4, 0.5) is 0 Å². The van der Waals surface area contributed by atoms with Crippen LogP contribution in [0.3, 0.4) is 0 Å². The summed E-state index contributed by atoms with van der Waals surface area (Å²) in [5.41, 5.74) is 0. The van der Waals surface area contributed by atoms with Crippen molar-refractivity contribution in [3.05, 3.63) is 29.3 Å². The van der Waals surface area contributed by atoms with Crippen LogP contribution in [0.15, 0.2) is 29.2 Å². The number of morpholine rings is 1. The molecule has 2 heterocycles. The third kappa shape index (κ3) is 3.84. The zero-order valence-electron chi connectivity index (χ0n) is 14.4. The highest BCUT2D eigenvalue weighted by molar-refractivity contribution is 7.89. The molecule has 2 fully saturated rings. The molecule has 0 radical (unpaired) electrons. The monoisotopic (exact) mass is 386 g/mol. The number of carbonyl (C=O) groups excluding carboxylic acids is 1. The van der Waals surface area contributed by atoms with Crippen molar-refractivity contribution >= 4 is 27.5 Å². The van der Waals surface area contributed by atoms with Crippen molar-refractivity contribution in [3.8, 4) is 0 Å². The second-order valence-corrected chi connectivity index (χ2v) is 9.06. The van der Waals surface area contributed by atoms with E-state index in [4.69, 9.17) is 16.3 Å². The lowest BCUT2D eigenvalue weighted by Crippen LogP contribution is -2.54. The minimum atomic E-state index is -3.72. The molecule has 2 aliphatic rings. The Morgan fingerprint density at radius 1 is 1.16 bits per heavy atom. The molecule has 0 bridgehead atoms. The molecule has 8 heteroatoms. The van der Waals surface area contributed by atoms with Crippen molar-refractivity contribution in [2.24, 2.45) is 0 Å². The van der Waals surface area contributed by atoms with Gasteiger partial charge in [-0.15, -0.1) is 0 Å². The molecule has 0 aromatic heterocycles. The number of halogens is 1. The summed E-state index contributed by atoms with van der Waals surface area (Å²) in [7, 11) is -3.72. The third-order valence-corrected chi connectivity index (χ3v) is 6.81. The summed E-state index contributed by atoms with van der Waals surface area (Å²) >= 11 is 5.85. The lowest BCUT2D eigenvalue weighted by molar-refractivity contribution is -0.146. The third-order valence-electron chi connectivity index (χ3n) is 4.64. The summed E-state index contributed by atoms with van der Waals surface area (Å²) in [5, 5.41) is 0.476. The van der Waals surface area contributed by atoms with E-state index in [0.717, 1.165) is 0 Å². The Labute approximate surface area is 153 Å². The van der Waals surface area contributed by atoms with Crippen LogP contribution in [0, 0.1) is 0 Å². The number of nitrogens with zero attached hydrogens (tertiary/aromatic N) is 2. The lowest BCUT2D eigenvalue weighted by Gasteiger charge is -2.37. The van der Waals surface area contributed by atoms with Crippen LogP contribution in [0.25, 0.3) is 0 Å². The number of amides is 1. The Morgan fingerprint density at radius 2 is 1.76 bits per heavy atom. The van der Waals surface area contributed by atoms with Gasteiger partial charge in [0, 0.05) is 24.7 Å². The largest absolute Gasteiger partial charge is 0.372 e. The topological polar surface area (TPSA) is 66.9 Å². The van der Waals surface area contributed by atoms with Gasteiger partial charge in [0.25, 0.3) is 0 Å². The molecule has 3 rings (SSSR count). The molecule has 138 valence electrons. The van der Waals surface area contributed by atoms with Crippen LogP contribution in [0.1, 0.15) is 26.7 Å². The van der Waals surface area contributed by atoms with Crippen LogP contribution >= 0.6 is 11.6 Å². The zero-order chi connectivity index (χ0) is 18.2. The minimum Gasteiger partial charge on any atom is -0.372 e. The Morgan fingerprint density at radius 3 is 2.36 bits per heavy atom. The summed E-state index contributed by atoms with van der Waals surface area (Å²) in [6.07, 6.45) is 1.13. The van der Waals surface area contributed by atoms with Gasteiger partial charge in [-0.1, -0.05) is 11.6 Å². The summed E-state index contributed by atoms with van der Waals surface area (Å²) in [6.45, 7) is 5.19. The van der Waals surface area contributed by atoms with Gasteiger partial charge in [-0.05, 0) is 51.0 Å². The van der Waals surface area contributed by atoms with Crippen LogP contribution in [-0.4, -0.2) is 61.4 Å². The molecular formula is C17H23ClN2O4S. The maximum atomic E-state index is 13.0. The van der Waals surface area contributed by atoms with Crippen LogP contribution in [0.2, 0.25) is 5.02 Å². The van der Waals surface area contributed by atoms with E-state index in [2.05, 4.69) is 0 Å². The number of rotatable bonds is 3.